The smallest absolute Gasteiger partial charge is 0.328 e. The highest BCUT2D eigenvalue weighted by molar-refractivity contribution is 5.99. The van der Waals surface area contributed by atoms with E-state index in [0.29, 0.717) is 5.75 Å². The van der Waals surface area contributed by atoms with Crippen LogP contribution in [0.15, 0.2) is 18.2 Å². The van der Waals surface area contributed by atoms with Gasteiger partial charge >= 0.3 is 5.97 Å². The molecule has 1 atom stereocenters. The molecule has 0 radical (unpaired) electrons. The predicted molar refractivity (Wildman–Crippen MR) is 70.3 cm³/mol. The van der Waals surface area contributed by atoms with Gasteiger partial charge in [0, 0.05) is 7.11 Å². The number of amides is 1. The highest BCUT2D eigenvalue weighted by Gasteiger charge is 2.23. The first-order valence-electron chi connectivity index (χ1n) is 5.78. The monoisotopic (exact) mass is 283 g/mol. The van der Waals surface area contributed by atoms with Gasteiger partial charge in [-0.3, -0.25) is 4.79 Å². The molecule has 1 rings (SSSR count). The number of carbonyl (C=O) groups excluding carboxylic acids is 1. The number of para-hydroxylation sites is 1. The zero-order valence-corrected chi connectivity index (χ0v) is 11.5. The molecule has 7 nitrogen and oxygen atoms in total. The highest BCUT2D eigenvalue weighted by atomic mass is 16.5. The molecule has 110 valence electrons. The summed E-state index contributed by atoms with van der Waals surface area (Å²) in [6.45, 7) is -0.132. The molecule has 1 unspecified atom stereocenters. The zero-order chi connectivity index (χ0) is 15.1. The van der Waals surface area contributed by atoms with Crippen molar-refractivity contribution >= 4 is 11.9 Å². The lowest BCUT2D eigenvalue weighted by Crippen LogP contribution is -2.43. The highest BCUT2D eigenvalue weighted by Crippen LogP contribution is 2.30. The number of benzene rings is 1. The third-order valence-corrected chi connectivity index (χ3v) is 2.58. The lowest BCUT2D eigenvalue weighted by atomic mass is 10.1. The standard InChI is InChI=1S/C13H17NO6/c1-18-7-9(13(16)17)14-12(15)8-5-4-6-10(19-2)11(8)20-3/h4-6,9H,7H2,1-3H3,(H,14,15)(H,16,17). The lowest BCUT2D eigenvalue weighted by Gasteiger charge is -2.16. The van der Waals surface area contributed by atoms with Crippen LogP contribution >= 0.6 is 0 Å². The fraction of sp³-hybridized carbons (Fsp3) is 0.385. The van der Waals surface area contributed by atoms with Crippen molar-refractivity contribution in [3.05, 3.63) is 23.8 Å². The van der Waals surface area contributed by atoms with Crippen LogP contribution in [0.3, 0.4) is 0 Å². The van der Waals surface area contributed by atoms with E-state index in [0.717, 1.165) is 0 Å². The van der Waals surface area contributed by atoms with Crippen LogP contribution < -0.4 is 14.8 Å². The minimum absolute atomic E-state index is 0.132. The van der Waals surface area contributed by atoms with Crippen molar-refractivity contribution in [1.29, 1.82) is 0 Å². The van der Waals surface area contributed by atoms with Crippen LogP contribution in [0.2, 0.25) is 0 Å². The van der Waals surface area contributed by atoms with E-state index in [2.05, 4.69) is 5.32 Å². The summed E-state index contributed by atoms with van der Waals surface area (Å²) in [5.41, 5.74) is 0.189. The minimum Gasteiger partial charge on any atom is -0.493 e. The van der Waals surface area contributed by atoms with Gasteiger partial charge in [0.2, 0.25) is 0 Å². The van der Waals surface area contributed by atoms with Crippen LogP contribution in [0.1, 0.15) is 10.4 Å². The fourth-order valence-electron chi connectivity index (χ4n) is 1.64. The number of hydrogen-bond acceptors (Lipinski definition) is 5. The maximum atomic E-state index is 12.1. The maximum Gasteiger partial charge on any atom is 0.328 e. The van der Waals surface area contributed by atoms with Gasteiger partial charge in [-0.15, -0.1) is 0 Å². The number of ether oxygens (including phenoxy) is 3. The van der Waals surface area contributed by atoms with Gasteiger partial charge in [-0.25, -0.2) is 4.79 Å². The second-order valence-electron chi connectivity index (χ2n) is 3.86. The van der Waals surface area contributed by atoms with Gasteiger partial charge < -0.3 is 24.6 Å². The Hall–Kier alpha value is -2.28. The number of rotatable bonds is 7. The Labute approximate surface area is 116 Å². The van der Waals surface area contributed by atoms with Crippen molar-refractivity contribution < 1.29 is 28.9 Å². The summed E-state index contributed by atoms with van der Waals surface area (Å²) in [4.78, 5) is 23.1. The zero-order valence-electron chi connectivity index (χ0n) is 11.5. The van der Waals surface area contributed by atoms with Crippen molar-refractivity contribution in [2.45, 2.75) is 6.04 Å². The van der Waals surface area contributed by atoms with Gasteiger partial charge in [0.15, 0.2) is 17.5 Å². The Bertz CT molecular complexity index is 488. The number of nitrogens with one attached hydrogen (secondary N) is 1. The summed E-state index contributed by atoms with van der Waals surface area (Å²) in [5, 5.41) is 11.3. The fourth-order valence-corrected chi connectivity index (χ4v) is 1.64. The molecule has 0 aromatic heterocycles. The summed E-state index contributed by atoms with van der Waals surface area (Å²) < 4.78 is 15.0. The van der Waals surface area contributed by atoms with E-state index in [1.807, 2.05) is 0 Å². The van der Waals surface area contributed by atoms with Crippen molar-refractivity contribution in [3.63, 3.8) is 0 Å². The van der Waals surface area contributed by atoms with E-state index in [1.54, 1.807) is 12.1 Å². The molecule has 0 aliphatic rings. The van der Waals surface area contributed by atoms with Gasteiger partial charge in [-0.05, 0) is 12.1 Å². The number of carboxylic acids is 1. The third-order valence-electron chi connectivity index (χ3n) is 2.58. The largest absolute Gasteiger partial charge is 0.493 e. The molecule has 0 aliphatic carbocycles. The SMILES string of the molecule is COCC(NC(=O)c1cccc(OC)c1OC)C(=O)O. The second kappa shape index (κ2) is 7.34. The van der Waals surface area contributed by atoms with Crippen LogP contribution in [-0.4, -0.2) is 51.0 Å². The molecule has 20 heavy (non-hydrogen) atoms. The van der Waals surface area contributed by atoms with Crippen LogP contribution in [0.4, 0.5) is 0 Å². The van der Waals surface area contributed by atoms with E-state index >= 15 is 0 Å². The summed E-state index contributed by atoms with van der Waals surface area (Å²) in [6, 6.07) is 3.63. The molecule has 1 amide bonds. The average Bonchev–Trinajstić information content (AvgIpc) is 2.45. The van der Waals surface area contributed by atoms with Gasteiger partial charge in [-0.2, -0.15) is 0 Å². The molecule has 0 heterocycles. The Balaban J connectivity index is 2.99. The molecule has 0 saturated heterocycles. The molecule has 1 aromatic carbocycles. The second-order valence-corrected chi connectivity index (χ2v) is 3.86. The minimum atomic E-state index is -1.18. The number of hydrogen-bond donors (Lipinski definition) is 2. The first kappa shape index (κ1) is 15.8. The topological polar surface area (TPSA) is 94.1 Å². The third kappa shape index (κ3) is 3.61. The van der Waals surface area contributed by atoms with E-state index in [-0.39, 0.29) is 17.9 Å². The summed E-state index contributed by atoms with van der Waals surface area (Å²) in [7, 11) is 4.21. The van der Waals surface area contributed by atoms with Gasteiger partial charge in [0.05, 0.1) is 26.4 Å². The molecule has 0 spiro atoms. The van der Waals surface area contributed by atoms with Crippen molar-refractivity contribution in [1.82, 2.24) is 5.32 Å². The molecule has 1 aromatic rings. The molecule has 2 N–H and O–H groups in total. The molecular weight excluding hydrogens is 266 g/mol. The van der Waals surface area contributed by atoms with E-state index in [4.69, 9.17) is 19.3 Å². The maximum absolute atomic E-state index is 12.1. The Morgan fingerprint density at radius 1 is 1.25 bits per heavy atom. The van der Waals surface area contributed by atoms with Gasteiger partial charge in [0.25, 0.3) is 5.91 Å². The quantitative estimate of drug-likeness (QED) is 0.758. The molecule has 0 fully saturated rings. The van der Waals surface area contributed by atoms with Gasteiger partial charge in [0.1, 0.15) is 0 Å². The number of aliphatic carboxylic acids is 1. The lowest BCUT2D eigenvalue weighted by molar-refractivity contribution is -0.140. The molecule has 7 heteroatoms. The first-order valence-corrected chi connectivity index (χ1v) is 5.78. The first-order chi connectivity index (χ1) is 9.54. The van der Waals surface area contributed by atoms with Crippen LogP contribution in [-0.2, 0) is 9.53 Å². The van der Waals surface area contributed by atoms with Crippen LogP contribution in [0.25, 0.3) is 0 Å². The summed E-state index contributed by atoms with van der Waals surface area (Å²) in [6.07, 6.45) is 0. The van der Waals surface area contributed by atoms with Crippen molar-refractivity contribution in [2.75, 3.05) is 27.9 Å². The Morgan fingerprint density at radius 2 is 1.95 bits per heavy atom. The molecule has 0 saturated carbocycles. The van der Waals surface area contributed by atoms with Crippen LogP contribution in [0.5, 0.6) is 11.5 Å². The van der Waals surface area contributed by atoms with Gasteiger partial charge in [-0.1, -0.05) is 6.07 Å². The Morgan fingerprint density at radius 3 is 2.45 bits per heavy atom. The Kier molecular flexibility index (Phi) is 5.79. The van der Waals surface area contributed by atoms with E-state index in [1.165, 1.54) is 27.4 Å². The summed E-state index contributed by atoms with van der Waals surface area (Å²) >= 11 is 0. The number of methoxy groups -OCH3 is 3. The molecule has 0 aliphatic heterocycles. The predicted octanol–water partition coefficient (Wildman–Crippen LogP) is 0.533. The molecular formula is C13H17NO6. The number of carbonyl (C=O) groups is 2. The van der Waals surface area contributed by atoms with E-state index < -0.39 is 17.9 Å². The summed E-state index contributed by atoms with van der Waals surface area (Å²) in [5.74, 6) is -1.12. The van der Waals surface area contributed by atoms with Crippen molar-refractivity contribution in [3.8, 4) is 11.5 Å². The van der Waals surface area contributed by atoms with Crippen LogP contribution in [0, 0.1) is 0 Å². The normalized spacial score (nSPS) is 11.6. The molecule has 0 bridgehead atoms. The van der Waals surface area contributed by atoms with E-state index in [9.17, 15) is 9.59 Å². The average molecular weight is 283 g/mol. The van der Waals surface area contributed by atoms with Crippen molar-refractivity contribution in [2.24, 2.45) is 0 Å². The number of carboxylic acid groups (broad SMARTS) is 1.